The van der Waals surface area contributed by atoms with Crippen LogP contribution in [0.25, 0.3) is 0 Å². The van der Waals surface area contributed by atoms with E-state index in [9.17, 15) is 5.11 Å². The van der Waals surface area contributed by atoms with Gasteiger partial charge >= 0.3 is 0 Å². The number of aliphatic hydroxyl groups is 1. The summed E-state index contributed by atoms with van der Waals surface area (Å²) in [5, 5.41) is 9.52. The molecule has 1 atom stereocenters. The Morgan fingerprint density at radius 1 is 1.27 bits per heavy atom. The minimum absolute atomic E-state index is 0.209. The molecule has 0 saturated carbocycles. The van der Waals surface area contributed by atoms with E-state index in [-0.39, 0.29) is 5.92 Å². The highest BCUT2D eigenvalue weighted by atomic mass is 16.3. The highest BCUT2D eigenvalue weighted by Gasteiger charge is 2.11. The van der Waals surface area contributed by atoms with Crippen LogP contribution in [0.5, 0.6) is 0 Å². The monoisotopic (exact) mass is 152 g/mol. The zero-order valence-electron chi connectivity index (χ0n) is 6.73. The van der Waals surface area contributed by atoms with Gasteiger partial charge in [-0.2, -0.15) is 0 Å². The Labute approximate surface area is 66.1 Å². The molecule has 0 radical (unpaired) electrons. The molecule has 1 rings (SSSR count). The van der Waals surface area contributed by atoms with Crippen LogP contribution in [-0.2, 0) is 0 Å². The molecule has 0 bridgehead atoms. The van der Waals surface area contributed by atoms with E-state index >= 15 is 0 Å². The first-order valence-electron chi connectivity index (χ1n) is 3.65. The van der Waals surface area contributed by atoms with Crippen LogP contribution in [0.2, 0.25) is 0 Å². The predicted molar refractivity (Wildman–Crippen MR) is 41.8 cm³/mol. The van der Waals surface area contributed by atoms with Crippen LogP contribution in [0.1, 0.15) is 25.5 Å². The van der Waals surface area contributed by atoms with Gasteiger partial charge < -0.3 is 5.11 Å². The maximum absolute atomic E-state index is 9.52. The second-order valence-electron chi connectivity index (χ2n) is 2.86. The Morgan fingerprint density at radius 2 is 1.82 bits per heavy atom. The Balaban J connectivity index is 2.77. The van der Waals surface area contributed by atoms with Gasteiger partial charge in [0.25, 0.3) is 0 Å². The van der Waals surface area contributed by atoms with E-state index in [1.165, 1.54) is 6.33 Å². The van der Waals surface area contributed by atoms with Crippen LogP contribution in [-0.4, -0.2) is 15.1 Å². The minimum atomic E-state index is -0.448. The summed E-state index contributed by atoms with van der Waals surface area (Å²) >= 11 is 0. The summed E-state index contributed by atoms with van der Waals surface area (Å²) in [5.74, 6) is 0.209. The van der Waals surface area contributed by atoms with E-state index in [2.05, 4.69) is 9.97 Å². The Bertz CT molecular complexity index is 211. The first-order valence-corrected chi connectivity index (χ1v) is 3.65. The van der Waals surface area contributed by atoms with Gasteiger partial charge in [-0.15, -0.1) is 0 Å². The van der Waals surface area contributed by atoms with Crippen molar-refractivity contribution in [1.29, 1.82) is 0 Å². The molecule has 0 amide bonds. The van der Waals surface area contributed by atoms with Crippen molar-refractivity contribution < 1.29 is 5.11 Å². The molecule has 1 aromatic heterocycles. The molecule has 3 heteroatoms. The lowest BCUT2D eigenvalue weighted by Crippen LogP contribution is -2.05. The molecule has 0 aromatic carbocycles. The smallest absolute Gasteiger partial charge is 0.115 e. The second kappa shape index (κ2) is 3.44. The number of aromatic nitrogens is 2. The molecule has 0 aliphatic carbocycles. The zero-order valence-corrected chi connectivity index (χ0v) is 6.73. The number of hydrogen-bond donors (Lipinski definition) is 1. The van der Waals surface area contributed by atoms with Crippen molar-refractivity contribution in [2.45, 2.75) is 20.0 Å². The highest BCUT2D eigenvalue weighted by molar-refractivity contribution is 5.06. The molecule has 60 valence electrons. The van der Waals surface area contributed by atoms with Gasteiger partial charge in [-0.25, -0.2) is 9.97 Å². The van der Waals surface area contributed by atoms with Gasteiger partial charge in [0, 0.05) is 18.0 Å². The SMILES string of the molecule is CC(C)[C@@H](O)c1cncnc1. The lowest BCUT2D eigenvalue weighted by molar-refractivity contribution is 0.126. The van der Waals surface area contributed by atoms with Crippen LogP contribution < -0.4 is 0 Å². The second-order valence-corrected chi connectivity index (χ2v) is 2.86. The molecule has 0 unspecified atom stereocenters. The lowest BCUT2D eigenvalue weighted by Gasteiger charge is -2.12. The van der Waals surface area contributed by atoms with Gasteiger partial charge in [0.05, 0.1) is 6.10 Å². The maximum atomic E-state index is 9.52. The normalized spacial score (nSPS) is 13.5. The van der Waals surface area contributed by atoms with Crippen LogP contribution in [0.3, 0.4) is 0 Å². The lowest BCUT2D eigenvalue weighted by atomic mass is 10.0. The van der Waals surface area contributed by atoms with Crippen molar-refractivity contribution in [1.82, 2.24) is 9.97 Å². The van der Waals surface area contributed by atoms with Crippen molar-refractivity contribution in [3.8, 4) is 0 Å². The molecule has 0 saturated heterocycles. The molecule has 1 aromatic rings. The maximum Gasteiger partial charge on any atom is 0.115 e. The first-order chi connectivity index (χ1) is 5.22. The average Bonchev–Trinajstić information content (AvgIpc) is 2.05. The van der Waals surface area contributed by atoms with Crippen LogP contribution in [0.4, 0.5) is 0 Å². The molecule has 11 heavy (non-hydrogen) atoms. The summed E-state index contributed by atoms with van der Waals surface area (Å²) in [6, 6.07) is 0. The summed E-state index contributed by atoms with van der Waals surface area (Å²) in [5.41, 5.74) is 0.780. The third-order valence-corrected chi connectivity index (χ3v) is 1.55. The van der Waals surface area contributed by atoms with E-state index in [1.807, 2.05) is 13.8 Å². The molecular formula is C8H12N2O. The molecule has 1 heterocycles. The summed E-state index contributed by atoms with van der Waals surface area (Å²) in [6.07, 6.45) is 4.28. The van der Waals surface area contributed by atoms with Crippen molar-refractivity contribution in [2.75, 3.05) is 0 Å². The number of hydrogen-bond acceptors (Lipinski definition) is 3. The standard InChI is InChI=1S/C8H12N2O/c1-6(2)8(11)7-3-9-5-10-4-7/h3-6,8,11H,1-2H3/t8-/m1/s1. The van der Waals surface area contributed by atoms with Crippen molar-refractivity contribution in [3.05, 3.63) is 24.3 Å². The summed E-state index contributed by atoms with van der Waals surface area (Å²) in [7, 11) is 0. The van der Waals surface area contributed by atoms with E-state index < -0.39 is 6.10 Å². The average molecular weight is 152 g/mol. The number of aliphatic hydroxyl groups excluding tert-OH is 1. The largest absolute Gasteiger partial charge is 0.388 e. The van der Waals surface area contributed by atoms with Gasteiger partial charge in [0.15, 0.2) is 0 Å². The first kappa shape index (κ1) is 8.14. The third kappa shape index (κ3) is 1.98. The zero-order chi connectivity index (χ0) is 8.27. The van der Waals surface area contributed by atoms with Crippen molar-refractivity contribution in [2.24, 2.45) is 5.92 Å². The van der Waals surface area contributed by atoms with Gasteiger partial charge in [-0.3, -0.25) is 0 Å². The van der Waals surface area contributed by atoms with E-state index in [1.54, 1.807) is 12.4 Å². The van der Waals surface area contributed by atoms with Crippen molar-refractivity contribution in [3.63, 3.8) is 0 Å². The highest BCUT2D eigenvalue weighted by Crippen LogP contribution is 2.18. The van der Waals surface area contributed by atoms with Crippen molar-refractivity contribution >= 4 is 0 Å². The molecule has 0 aliphatic heterocycles. The molecular weight excluding hydrogens is 140 g/mol. The summed E-state index contributed by atoms with van der Waals surface area (Å²) in [4.78, 5) is 7.63. The van der Waals surface area contributed by atoms with Crippen LogP contribution in [0.15, 0.2) is 18.7 Å². The Morgan fingerprint density at radius 3 is 2.27 bits per heavy atom. The summed E-state index contributed by atoms with van der Waals surface area (Å²) in [6.45, 7) is 3.91. The van der Waals surface area contributed by atoms with Crippen LogP contribution >= 0.6 is 0 Å². The fraction of sp³-hybridized carbons (Fsp3) is 0.500. The van der Waals surface area contributed by atoms with Gasteiger partial charge in [0.1, 0.15) is 6.33 Å². The van der Waals surface area contributed by atoms with Crippen LogP contribution in [0, 0.1) is 5.92 Å². The number of nitrogens with zero attached hydrogens (tertiary/aromatic N) is 2. The van der Waals surface area contributed by atoms with Gasteiger partial charge in [0.2, 0.25) is 0 Å². The molecule has 1 N–H and O–H groups in total. The summed E-state index contributed by atoms with van der Waals surface area (Å²) < 4.78 is 0. The molecule has 0 fully saturated rings. The Hall–Kier alpha value is -0.960. The van der Waals surface area contributed by atoms with Gasteiger partial charge in [-0.1, -0.05) is 13.8 Å². The third-order valence-electron chi connectivity index (χ3n) is 1.55. The topological polar surface area (TPSA) is 46.0 Å². The molecule has 0 spiro atoms. The van der Waals surface area contributed by atoms with E-state index in [0.29, 0.717) is 0 Å². The Kier molecular flexibility index (Phi) is 2.54. The minimum Gasteiger partial charge on any atom is -0.388 e. The predicted octanol–water partition coefficient (Wildman–Crippen LogP) is 1.17. The van der Waals surface area contributed by atoms with Gasteiger partial charge in [-0.05, 0) is 5.92 Å². The van der Waals surface area contributed by atoms with E-state index in [0.717, 1.165) is 5.56 Å². The number of rotatable bonds is 2. The fourth-order valence-electron chi connectivity index (χ4n) is 0.848. The quantitative estimate of drug-likeness (QED) is 0.691. The van der Waals surface area contributed by atoms with E-state index in [4.69, 9.17) is 0 Å². The fourth-order valence-corrected chi connectivity index (χ4v) is 0.848. The molecule has 0 aliphatic rings. The molecule has 3 nitrogen and oxygen atoms in total.